The van der Waals surface area contributed by atoms with Crippen LogP contribution in [0.4, 0.5) is 0 Å². The van der Waals surface area contributed by atoms with Crippen LogP contribution in [0.5, 0.6) is 0 Å². The highest BCUT2D eigenvalue weighted by Crippen LogP contribution is 2.73. The Balaban J connectivity index is 2.04. The molecule has 0 aromatic carbocycles. The topological polar surface area (TPSA) is 46.7 Å². The number of fused-ring (bicyclic) bond motifs is 1. The second-order valence-electron chi connectivity index (χ2n) is 6.88. The van der Waals surface area contributed by atoms with Crippen molar-refractivity contribution in [3.8, 4) is 0 Å². The summed E-state index contributed by atoms with van der Waals surface area (Å²) in [6.45, 7) is 8.69. The number of epoxide rings is 1. The first-order valence-corrected chi connectivity index (χ1v) is 6.45. The van der Waals surface area contributed by atoms with Crippen LogP contribution in [0.25, 0.3) is 0 Å². The van der Waals surface area contributed by atoms with E-state index in [1.807, 2.05) is 0 Å². The van der Waals surface area contributed by atoms with Gasteiger partial charge in [0.2, 0.25) is 0 Å². The largest absolute Gasteiger partial charge is 0.361 e. The quantitative estimate of drug-likeness (QED) is 0.654. The van der Waals surface area contributed by atoms with E-state index in [2.05, 4.69) is 20.8 Å². The van der Waals surface area contributed by atoms with Crippen LogP contribution in [0.15, 0.2) is 0 Å². The van der Waals surface area contributed by atoms with Crippen LogP contribution in [0.3, 0.4) is 0 Å². The second kappa shape index (κ2) is 2.82. The van der Waals surface area contributed by atoms with E-state index in [1.54, 1.807) is 6.92 Å². The van der Waals surface area contributed by atoms with Gasteiger partial charge in [-0.3, -0.25) is 9.59 Å². The van der Waals surface area contributed by atoms with Gasteiger partial charge in [0.1, 0.15) is 11.4 Å². The Morgan fingerprint density at radius 2 is 1.88 bits per heavy atom. The monoisotopic (exact) mass is 236 g/mol. The molecule has 0 aromatic heterocycles. The van der Waals surface area contributed by atoms with E-state index in [0.29, 0.717) is 6.61 Å². The number of hydrogen-bond acceptors (Lipinski definition) is 3. The van der Waals surface area contributed by atoms with Gasteiger partial charge in [0.05, 0.1) is 6.61 Å². The number of rotatable bonds is 1. The molecule has 0 amide bonds. The molecule has 0 N–H and O–H groups in total. The summed E-state index contributed by atoms with van der Waals surface area (Å²) in [7, 11) is 0. The van der Waals surface area contributed by atoms with Gasteiger partial charge in [-0.05, 0) is 30.6 Å². The Bertz CT molecular complexity index is 419. The van der Waals surface area contributed by atoms with Crippen molar-refractivity contribution in [1.82, 2.24) is 0 Å². The van der Waals surface area contributed by atoms with Crippen LogP contribution in [0.1, 0.15) is 40.5 Å². The van der Waals surface area contributed by atoms with Crippen LogP contribution in [0, 0.1) is 22.7 Å². The van der Waals surface area contributed by atoms with E-state index in [0.717, 1.165) is 12.8 Å². The summed E-state index contributed by atoms with van der Waals surface area (Å²) in [6.07, 6.45) is 1.80. The van der Waals surface area contributed by atoms with Gasteiger partial charge in [-0.2, -0.15) is 0 Å². The van der Waals surface area contributed by atoms with Crippen LogP contribution < -0.4 is 0 Å². The summed E-state index contributed by atoms with van der Waals surface area (Å²) in [5.41, 5.74) is -0.617. The minimum absolute atomic E-state index is 0.0408. The fourth-order valence-corrected chi connectivity index (χ4v) is 4.00. The van der Waals surface area contributed by atoms with Gasteiger partial charge in [-0.1, -0.05) is 20.8 Å². The fourth-order valence-electron chi connectivity index (χ4n) is 4.00. The molecule has 0 aromatic rings. The molecule has 3 fully saturated rings. The van der Waals surface area contributed by atoms with Gasteiger partial charge in [-0.25, -0.2) is 0 Å². The Labute approximate surface area is 102 Å². The molecule has 1 aliphatic heterocycles. The SMILES string of the molecule is CC(=O)C1C2C(=O)C3(CCC(C)(C)C12C)CO3. The maximum absolute atomic E-state index is 12.5. The van der Waals surface area contributed by atoms with Crippen molar-refractivity contribution in [2.24, 2.45) is 22.7 Å². The van der Waals surface area contributed by atoms with Gasteiger partial charge in [0, 0.05) is 11.8 Å². The predicted octanol–water partition coefficient (Wildman–Crippen LogP) is 1.99. The number of Topliss-reactive ketones (excluding diaryl/α,β-unsaturated/α-hetero) is 2. The standard InChI is InChI=1S/C14H20O3/c1-8(15)9-10-11(16)14(7-17-14)6-5-12(2,3)13(9,10)4/h9-10H,5-7H2,1-4H3. The Morgan fingerprint density at radius 1 is 1.29 bits per heavy atom. The third kappa shape index (κ3) is 1.16. The van der Waals surface area contributed by atoms with Crippen molar-refractivity contribution in [3.63, 3.8) is 0 Å². The molecular weight excluding hydrogens is 216 g/mol. The molecular formula is C14H20O3. The third-order valence-electron chi connectivity index (χ3n) is 5.79. The first-order valence-electron chi connectivity index (χ1n) is 6.45. The lowest BCUT2D eigenvalue weighted by atomic mass is 9.71. The Morgan fingerprint density at radius 3 is 2.35 bits per heavy atom. The summed E-state index contributed by atoms with van der Waals surface area (Å²) >= 11 is 0. The first kappa shape index (κ1) is 11.4. The zero-order valence-corrected chi connectivity index (χ0v) is 11.0. The number of ether oxygens (including phenoxy) is 1. The molecule has 3 aliphatic rings. The minimum atomic E-state index is -0.510. The zero-order valence-electron chi connectivity index (χ0n) is 11.0. The second-order valence-corrected chi connectivity index (χ2v) is 6.88. The molecule has 1 spiro atoms. The minimum Gasteiger partial charge on any atom is -0.361 e. The van der Waals surface area contributed by atoms with Crippen molar-refractivity contribution in [3.05, 3.63) is 0 Å². The maximum Gasteiger partial charge on any atom is 0.171 e. The lowest BCUT2D eigenvalue weighted by molar-refractivity contribution is -0.128. The maximum atomic E-state index is 12.5. The fraction of sp³-hybridized carbons (Fsp3) is 0.857. The number of carbonyl (C=O) groups is 2. The molecule has 1 heterocycles. The highest BCUT2D eigenvalue weighted by molar-refractivity contribution is 6.01. The van der Waals surface area contributed by atoms with Crippen molar-refractivity contribution < 1.29 is 14.3 Å². The highest BCUT2D eigenvalue weighted by atomic mass is 16.6. The lowest BCUT2D eigenvalue weighted by Crippen LogP contribution is -2.27. The normalized spacial score (nSPS) is 50.7. The van der Waals surface area contributed by atoms with E-state index in [9.17, 15) is 9.59 Å². The average Bonchev–Trinajstić information content (AvgIpc) is 3.08. The summed E-state index contributed by atoms with van der Waals surface area (Å²) in [5.74, 6) is 0.189. The molecule has 3 nitrogen and oxygen atoms in total. The molecule has 4 unspecified atom stereocenters. The Hall–Kier alpha value is -0.700. The number of hydrogen-bond donors (Lipinski definition) is 0. The number of carbonyl (C=O) groups excluding carboxylic acids is 2. The van der Waals surface area contributed by atoms with Gasteiger partial charge < -0.3 is 4.74 Å². The molecule has 2 aliphatic carbocycles. The molecule has 17 heavy (non-hydrogen) atoms. The molecule has 4 atom stereocenters. The zero-order chi connectivity index (χ0) is 12.6. The average molecular weight is 236 g/mol. The first-order chi connectivity index (χ1) is 7.76. The van der Waals surface area contributed by atoms with Gasteiger partial charge in [-0.15, -0.1) is 0 Å². The molecule has 0 bridgehead atoms. The Kier molecular flexibility index (Phi) is 1.89. The van der Waals surface area contributed by atoms with Gasteiger partial charge >= 0.3 is 0 Å². The van der Waals surface area contributed by atoms with Crippen molar-refractivity contribution in [2.75, 3.05) is 6.61 Å². The highest BCUT2D eigenvalue weighted by Gasteiger charge is 2.77. The number of ketones is 2. The molecule has 1 saturated heterocycles. The summed E-state index contributed by atoms with van der Waals surface area (Å²) in [6, 6.07) is 0. The molecule has 0 radical (unpaired) electrons. The van der Waals surface area contributed by atoms with Crippen LogP contribution in [-0.2, 0) is 14.3 Å². The summed E-state index contributed by atoms with van der Waals surface area (Å²) in [5, 5.41) is 0. The van der Waals surface area contributed by atoms with Crippen LogP contribution >= 0.6 is 0 Å². The van der Waals surface area contributed by atoms with Crippen molar-refractivity contribution in [1.29, 1.82) is 0 Å². The lowest BCUT2D eigenvalue weighted by Gasteiger charge is -2.32. The molecule has 3 rings (SSSR count). The van der Waals surface area contributed by atoms with Gasteiger partial charge in [0.25, 0.3) is 0 Å². The van der Waals surface area contributed by atoms with Crippen molar-refractivity contribution >= 4 is 11.6 Å². The summed E-state index contributed by atoms with van der Waals surface area (Å²) in [4.78, 5) is 24.3. The van der Waals surface area contributed by atoms with E-state index in [4.69, 9.17) is 4.74 Å². The summed E-state index contributed by atoms with van der Waals surface area (Å²) < 4.78 is 5.43. The molecule has 94 valence electrons. The predicted molar refractivity (Wildman–Crippen MR) is 62.5 cm³/mol. The van der Waals surface area contributed by atoms with Crippen LogP contribution in [-0.4, -0.2) is 23.8 Å². The van der Waals surface area contributed by atoms with Crippen molar-refractivity contribution in [2.45, 2.75) is 46.1 Å². The van der Waals surface area contributed by atoms with E-state index < -0.39 is 5.60 Å². The van der Waals surface area contributed by atoms with E-state index in [-0.39, 0.29) is 34.2 Å². The molecule has 2 saturated carbocycles. The van der Waals surface area contributed by atoms with E-state index >= 15 is 0 Å². The smallest absolute Gasteiger partial charge is 0.171 e. The van der Waals surface area contributed by atoms with E-state index in [1.165, 1.54) is 0 Å². The van der Waals surface area contributed by atoms with Crippen LogP contribution in [0.2, 0.25) is 0 Å². The molecule has 3 heteroatoms. The third-order valence-corrected chi connectivity index (χ3v) is 5.79. The van der Waals surface area contributed by atoms with Gasteiger partial charge in [0.15, 0.2) is 5.78 Å².